The molecule has 0 saturated heterocycles. The molecule has 6 heteroatoms. The molecule has 0 aromatic carbocycles. The lowest BCUT2D eigenvalue weighted by molar-refractivity contribution is -0.143. The number of nitrogens with one attached hydrogen (secondary N) is 1. The van der Waals surface area contributed by atoms with Crippen LogP contribution >= 0.6 is 0 Å². The molecule has 2 atom stereocenters. The number of carbonyl (C=O) groups is 2. The molecule has 0 rings (SSSR count). The Balaban J connectivity index is 3.34. The van der Waals surface area contributed by atoms with Gasteiger partial charge in [-0.05, 0) is 51.4 Å². The highest BCUT2D eigenvalue weighted by Crippen LogP contribution is 2.19. The lowest BCUT2D eigenvalue weighted by Gasteiger charge is -2.22. The number of aliphatic hydroxyl groups excluding tert-OH is 2. The summed E-state index contributed by atoms with van der Waals surface area (Å²) in [6.07, 6.45) is 79.7. The first-order valence-corrected chi connectivity index (χ1v) is 34.4. The number of hydrogen-bond donors (Lipinski definition) is 3. The van der Waals surface area contributed by atoms with Crippen LogP contribution < -0.4 is 5.32 Å². The van der Waals surface area contributed by atoms with Gasteiger partial charge in [-0.1, -0.05) is 341 Å². The van der Waals surface area contributed by atoms with Crippen LogP contribution in [-0.4, -0.2) is 47.4 Å². The Hall–Kier alpha value is -1.40. The SMILES string of the molecule is CCCCCCCCCCCCCCCCCCCC(=O)OCCCCCCCCCCCCCC/C=C\CCCCCCCCCCCCCCC(=O)NC(CO)C(O)CCCCCCCCCCCCCCC. The molecule has 6 nitrogen and oxygen atoms in total. The number of esters is 1. The second-order valence-corrected chi connectivity index (χ2v) is 23.9. The molecule has 0 aromatic rings. The number of unbranched alkanes of at least 4 members (excludes halogenated alkanes) is 52. The Morgan fingerprint density at radius 1 is 0.360 bits per heavy atom. The van der Waals surface area contributed by atoms with E-state index in [1.165, 1.54) is 321 Å². The molecule has 446 valence electrons. The van der Waals surface area contributed by atoms with Gasteiger partial charge < -0.3 is 20.3 Å². The summed E-state index contributed by atoms with van der Waals surface area (Å²) < 4.78 is 5.51. The van der Waals surface area contributed by atoms with E-state index in [2.05, 4.69) is 31.3 Å². The van der Waals surface area contributed by atoms with Gasteiger partial charge in [0.15, 0.2) is 0 Å². The summed E-state index contributed by atoms with van der Waals surface area (Å²) in [7, 11) is 0. The normalized spacial score (nSPS) is 12.5. The molecule has 0 radical (unpaired) electrons. The zero-order valence-electron chi connectivity index (χ0n) is 51.1. The van der Waals surface area contributed by atoms with E-state index in [1.807, 2.05) is 0 Å². The van der Waals surface area contributed by atoms with Gasteiger partial charge >= 0.3 is 5.97 Å². The third kappa shape index (κ3) is 61.7. The number of aliphatic hydroxyl groups is 2. The number of carbonyl (C=O) groups excluding carboxylic acids is 2. The summed E-state index contributed by atoms with van der Waals surface area (Å²) in [4.78, 5) is 24.6. The van der Waals surface area contributed by atoms with E-state index in [-0.39, 0.29) is 18.5 Å². The predicted molar refractivity (Wildman–Crippen MR) is 329 cm³/mol. The van der Waals surface area contributed by atoms with Crippen LogP contribution in [0.1, 0.15) is 393 Å². The Kier molecular flexibility index (Phi) is 63.9. The van der Waals surface area contributed by atoms with Gasteiger partial charge in [-0.25, -0.2) is 0 Å². The van der Waals surface area contributed by atoms with E-state index >= 15 is 0 Å². The van der Waals surface area contributed by atoms with E-state index in [0.29, 0.717) is 25.9 Å². The van der Waals surface area contributed by atoms with Gasteiger partial charge in [-0.2, -0.15) is 0 Å². The predicted octanol–water partition coefficient (Wildman–Crippen LogP) is 22.0. The highest BCUT2D eigenvalue weighted by Gasteiger charge is 2.20. The van der Waals surface area contributed by atoms with E-state index in [9.17, 15) is 19.8 Å². The van der Waals surface area contributed by atoms with Crippen molar-refractivity contribution in [3.63, 3.8) is 0 Å². The summed E-state index contributed by atoms with van der Waals surface area (Å²) in [6.45, 7) is 4.99. The molecule has 0 bridgehead atoms. The van der Waals surface area contributed by atoms with Crippen molar-refractivity contribution in [2.75, 3.05) is 13.2 Å². The fraction of sp³-hybridized carbons (Fsp3) is 0.942. The van der Waals surface area contributed by atoms with Gasteiger partial charge in [0, 0.05) is 12.8 Å². The van der Waals surface area contributed by atoms with Crippen LogP contribution in [0.2, 0.25) is 0 Å². The van der Waals surface area contributed by atoms with Crippen LogP contribution in [0.15, 0.2) is 12.2 Å². The van der Waals surface area contributed by atoms with Crippen molar-refractivity contribution in [1.29, 1.82) is 0 Å². The first-order chi connectivity index (χ1) is 37.0. The third-order valence-electron chi connectivity index (χ3n) is 16.3. The average Bonchev–Trinajstić information content (AvgIpc) is 3.41. The Bertz CT molecular complexity index is 1130. The number of allylic oxidation sites excluding steroid dienone is 2. The first-order valence-electron chi connectivity index (χ1n) is 34.4. The molecular weight excluding hydrogens is 923 g/mol. The van der Waals surface area contributed by atoms with Crippen LogP contribution in [0.25, 0.3) is 0 Å². The zero-order chi connectivity index (χ0) is 54.3. The number of hydrogen-bond acceptors (Lipinski definition) is 5. The molecule has 2 unspecified atom stereocenters. The number of rotatable bonds is 65. The summed E-state index contributed by atoms with van der Waals surface area (Å²) in [6, 6.07) is -0.540. The number of amides is 1. The van der Waals surface area contributed by atoms with Crippen LogP contribution in [0.4, 0.5) is 0 Å². The lowest BCUT2D eigenvalue weighted by Crippen LogP contribution is -2.45. The van der Waals surface area contributed by atoms with E-state index in [0.717, 1.165) is 38.5 Å². The van der Waals surface area contributed by atoms with Gasteiger partial charge in [0.05, 0.1) is 25.4 Å². The Morgan fingerprint density at radius 2 is 0.627 bits per heavy atom. The second kappa shape index (κ2) is 65.1. The maximum Gasteiger partial charge on any atom is 0.305 e. The number of ether oxygens (including phenoxy) is 1. The summed E-state index contributed by atoms with van der Waals surface area (Å²) >= 11 is 0. The molecule has 1 amide bonds. The molecule has 0 fully saturated rings. The minimum absolute atomic E-state index is 0.0207. The fourth-order valence-corrected chi connectivity index (χ4v) is 11.1. The highest BCUT2D eigenvalue weighted by molar-refractivity contribution is 5.76. The van der Waals surface area contributed by atoms with Gasteiger partial charge in [0.2, 0.25) is 5.91 Å². The molecule has 3 N–H and O–H groups in total. The van der Waals surface area contributed by atoms with Gasteiger partial charge in [-0.15, -0.1) is 0 Å². The minimum Gasteiger partial charge on any atom is -0.466 e. The summed E-state index contributed by atoms with van der Waals surface area (Å²) in [5.41, 5.74) is 0. The molecular formula is C69H135NO5. The van der Waals surface area contributed by atoms with Crippen molar-refractivity contribution in [2.45, 2.75) is 405 Å². The molecule has 0 saturated carbocycles. The molecule has 0 aliphatic rings. The van der Waals surface area contributed by atoms with Crippen LogP contribution in [0.5, 0.6) is 0 Å². The fourth-order valence-electron chi connectivity index (χ4n) is 11.1. The molecule has 75 heavy (non-hydrogen) atoms. The smallest absolute Gasteiger partial charge is 0.305 e. The van der Waals surface area contributed by atoms with Crippen molar-refractivity contribution in [3.8, 4) is 0 Å². The maximum absolute atomic E-state index is 12.5. The third-order valence-corrected chi connectivity index (χ3v) is 16.3. The second-order valence-electron chi connectivity index (χ2n) is 23.9. The van der Waals surface area contributed by atoms with Crippen molar-refractivity contribution < 1.29 is 24.5 Å². The summed E-state index contributed by atoms with van der Waals surface area (Å²) in [5.74, 6) is -0.0120. The van der Waals surface area contributed by atoms with Gasteiger partial charge in [-0.3, -0.25) is 9.59 Å². The van der Waals surface area contributed by atoms with Crippen molar-refractivity contribution in [3.05, 3.63) is 12.2 Å². The largest absolute Gasteiger partial charge is 0.466 e. The molecule has 0 aromatic heterocycles. The van der Waals surface area contributed by atoms with Crippen LogP contribution in [0.3, 0.4) is 0 Å². The Labute approximate surface area is 469 Å². The Morgan fingerprint density at radius 3 is 0.947 bits per heavy atom. The summed E-state index contributed by atoms with van der Waals surface area (Å²) in [5, 5.41) is 23.3. The first kappa shape index (κ1) is 73.6. The van der Waals surface area contributed by atoms with E-state index in [1.54, 1.807) is 0 Å². The van der Waals surface area contributed by atoms with Gasteiger partial charge in [0.25, 0.3) is 0 Å². The van der Waals surface area contributed by atoms with Crippen molar-refractivity contribution in [2.24, 2.45) is 0 Å². The minimum atomic E-state index is -0.663. The molecule has 0 aliphatic heterocycles. The topological polar surface area (TPSA) is 95.9 Å². The monoisotopic (exact) mass is 1060 g/mol. The highest BCUT2D eigenvalue weighted by atomic mass is 16.5. The van der Waals surface area contributed by atoms with E-state index in [4.69, 9.17) is 4.74 Å². The van der Waals surface area contributed by atoms with E-state index < -0.39 is 12.1 Å². The van der Waals surface area contributed by atoms with Gasteiger partial charge in [0.1, 0.15) is 0 Å². The molecule has 0 heterocycles. The quantitative estimate of drug-likeness (QED) is 0.0320. The maximum atomic E-state index is 12.5. The van der Waals surface area contributed by atoms with Crippen molar-refractivity contribution in [1.82, 2.24) is 5.32 Å². The molecule has 0 spiro atoms. The molecule has 0 aliphatic carbocycles. The lowest BCUT2D eigenvalue weighted by atomic mass is 10.0. The standard InChI is InChI=1S/C69H135NO5/c1-3-5-7-9-11-13-15-17-18-31-35-39-43-47-51-55-59-63-69(74)75-64-60-56-52-48-44-40-36-33-30-28-26-24-22-20-19-21-23-25-27-29-32-34-38-42-46-50-54-58-62-68(73)70-66(65-71)67(72)61-57-53-49-45-41-37-16-14-12-10-8-6-4-2/h19-20,66-67,71-72H,3-18,21-65H2,1-2H3,(H,70,73)/b20-19-. The zero-order valence-corrected chi connectivity index (χ0v) is 51.1. The van der Waals surface area contributed by atoms with Crippen LogP contribution in [0, 0.1) is 0 Å². The van der Waals surface area contributed by atoms with Crippen LogP contribution in [-0.2, 0) is 14.3 Å². The van der Waals surface area contributed by atoms with Crippen molar-refractivity contribution >= 4 is 11.9 Å². The average molecular weight is 1060 g/mol.